The number of benzene rings is 4. The molecule has 0 aliphatic rings. The molecular weight excluding hydrogens is 849 g/mol. The Kier molecular flexibility index (Phi) is 8.42. The second-order valence-electron chi connectivity index (χ2n) is 12.7. The zero-order valence-electron chi connectivity index (χ0n) is 30.9. The Morgan fingerprint density at radius 2 is 1.47 bits per heavy atom. The van der Waals surface area contributed by atoms with Crippen molar-refractivity contribution in [3.8, 4) is 22.5 Å². The summed E-state index contributed by atoms with van der Waals surface area (Å²) < 4.78 is 38.5. The van der Waals surface area contributed by atoms with Crippen molar-refractivity contribution < 1.29 is 25.6 Å². The molecule has 6 heteroatoms. The molecule has 0 atom stereocenters. The topological polar surface area (TPSA) is 25.8 Å². The molecule has 0 N–H and O–H groups in total. The van der Waals surface area contributed by atoms with Crippen LogP contribution in [0.15, 0.2) is 103 Å². The van der Waals surface area contributed by atoms with E-state index >= 15 is 0 Å². The van der Waals surface area contributed by atoms with Gasteiger partial charge in [-0.3, -0.25) is 0 Å². The van der Waals surface area contributed by atoms with Crippen molar-refractivity contribution in [2.45, 2.75) is 43.9 Å². The molecule has 237 valence electrons. The summed E-state index contributed by atoms with van der Waals surface area (Å²) in [6.07, 6.45) is 3.46. The van der Waals surface area contributed by atoms with Crippen molar-refractivity contribution in [2.24, 2.45) is 0 Å². The van der Waals surface area contributed by atoms with E-state index in [-0.39, 0.29) is 25.7 Å². The van der Waals surface area contributed by atoms with Gasteiger partial charge in [0.2, 0.25) is 0 Å². The first-order valence-electron chi connectivity index (χ1n) is 17.3. The maximum atomic E-state index is 8.62. The van der Waals surface area contributed by atoms with Gasteiger partial charge in [-0.1, -0.05) is 67.1 Å². The van der Waals surface area contributed by atoms with E-state index in [2.05, 4.69) is 94.0 Å². The van der Waals surface area contributed by atoms with Crippen LogP contribution in [-0.4, -0.2) is 23.2 Å². The van der Waals surface area contributed by atoms with Gasteiger partial charge < -0.3 is 4.98 Å². The standard InChI is InChI=1S/C27H20NS2.C14H16GeN.Ir/c1-15(2)19-12-21(28-14-16(19)3)20-13-24-25(17-8-4-6-10-22(17)29-24)26-18-9-5-7-11-23(18)30-27(20)26;1-15(2,3)13-9-10-14(16-11-13)12-7-5-4-6-8-12;/h4-12,14-15H,1-3H3;4-7,9-11H,1-3H3;/q2*-1;/i3D3,15D;;. The van der Waals surface area contributed by atoms with Crippen molar-refractivity contribution in [2.75, 3.05) is 0 Å². The molecule has 0 bridgehead atoms. The smallest absolute Gasteiger partial charge is 0 e. The minimum Gasteiger partial charge on any atom is 0 e. The molecular formula is C41H36GeIrN2S2-2. The van der Waals surface area contributed by atoms with Gasteiger partial charge in [-0.05, 0) is 61.9 Å². The summed E-state index contributed by atoms with van der Waals surface area (Å²) in [7, 11) is 0. The first-order chi connectivity index (χ1) is 23.7. The predicted octanol–water partition coefficient (Wildman–Crippen LogP) is 11.8. The van der Waals surface area contributed by atoms with Crippen molar-refractivity contribution in [1.82, 2.24) is 9.97 Å². The molecule has 1 radical (unpaired) electrons. The minimum atomic E-state index is -2.33. The molecule has 0 aliphatic carbocycles. The van der Waals surface area contributed by atoms with E-state index in [1.54, 1.807) is 42.6 Å². The zero-order valence-corrected chi connectivity index (χ0v) is 33.0. The van der Waals surface area contributed by atoms with Gasteiger partial charge in [0.1, 0.15) is 0 Å². The first kappa shape index (κ1) is 28.8. The number of aromatic nitrogens is 2. The van der Waals surface area contributed by atoms with Crippen LogP contribution < -0.4 is 4.40 Å². The van der Waals surface area contributed by atoms with E-state index in [9.17, 15) is 0 Å². The Balaban J connectivity index is 0.000000222. The van der Waals surface area contributed by atoms with E-state index in [0.717, 1.165) is 26.2 Å². The second-order valence-corrected chi connectivity index (χ2v) is 25.4. The maximum Gasteiger partial charge on any atom is 0 e. The summed E-state index contributed by atoms with van der Waals surface area (Å²) in [6, 6.07) is 37.7. The number of thiophene rings is 2. The average molecular weight is 890 g/mol. The van der Waals surface area contributed by atoms with Gasteiger partial charge in [0.05, 0.1) is 0 Å². The Hall–Kier alpha value is -3.19. The third-order valence-electron chi connectivity index (χ3n) is 8.22. The Bertz CT molecular complexity index is 2500. The minimum absolute atomic E-state index is 0. The van der Waals surface area contributed by atoms with Crippen LogP contribution in [0.4, 0.5) is 0 Å². The molecule has 0 aliphatic heterocycles. The van der Waals surface area contributed by atoms with E-state index in [1.165, 1.54) is 41.5 Å². The van der Waals surface area contributed by atoms with Crippen LogP contribution in [0.2, 0.25) is 17.3 Å². The SMILES string of the molecule is [2H]C([2H])([2H])c1cnc(-c2[c-]c3sc4ccccc4c3c3c2sc2ccccc23)cc1C([2H])(C)C.[CH3][Ge]([CH3])([CH3])[c]1ccc(-c2[c-]cccc2)nc1.[Ir]. The summed E-state index contributed by atoms with van der Waals surface area (Å²) in [5, 5.41) is 4.82. The van der Waals surface area contributed by atoms with Crippen molar-refractivity contribution in [3.05, 3.63) is 127 Å². The van der Waals surface area contributed by atoms with Crippen molar-refractivity contribution >= 4 is 80.7 Å². The summed E-state index contributed by atoms with van der Waals surface area (Å²) in [4.78, 5) is 9.14. The Morgan fingerprint density at radius 1 is 0.787 bits per heavy atom. The van der Waals surface area contributed by atoms with Crippen LogP contribution in [0.3, 0.4) is 0 Å². The van der Waals surface area contributed by atoms with Gasteiger partial charge in [0.15, 0.2) is 0 Å². The fourth-order valence-corrected chi connectivity index (χ4v) is 10.3. The number of fused-ring (bicyclic) bond motifs is 7. The van der Waals surface area contributed by atoms with Gasteiger partial charge >= 0.3 is 99.8 Å². The fraction of sp³-hybridized carbons (Fsp3) is 0.171. The average Bonchev–Trinajstić information content (AvgIpc) is 3.65. The molecule has 8 rings (SSSR count). The molecule has 0 saturated carbocycles. The van der Waals surface area contributed by atoms with E-state index in [0.29, 0.717) is 11.3 Å². The second kappa shape index (κ2) is 13.7. The first-order valence-corrected chi connectivity index (χ1v) is 24.3. The third kappa shape index (κ3) is 6.62. The van der Waals surface area contributed by atoms with E-state index < -0.39 is 26.0 Å². The van der Waals surface area contributed by atoms with Crippen LogP contribution in [-0.2, 0) is 20.1 Å². The molecule has 0 fully saturated rings. The summed E-state index contributed by atoms with van der Waals surface area (Å²) >= 11 is 1.70. The Morgan fingerprint density at radius 3 is 2.11 bits per heavy atom. The van der Waals surface area contributed by atoms with E-state index in [4.69, 9.17) is 5.48 Å². The summed E-state index contributed by atoms with van der Waals surface area (Å²) in [5.74, 6) is 6.06. The van der Waals surface area contributed by atoms with Crippen molar-refractivity contribution in [3.63, 3.8) is 0 Å². The molecule has 8 aromatic rings. The number of hydrogen-bond donors (Lipinski definition) is 0. The largest absolute Gasteiger partial charge is 0 e. The number of pyridine rings is 2. The number of hydrogen-bond acceptors (Lipinski definition) is 4. The zero-order chi connectivity index (χ0) is 35.4. The molecule has 2 nitrogen and oxygen atoms in total. The van der Waals surface area contributed by atoms with Gasteiger partial charge in [-0.15, -0.1) is 11.6 Å². The van der Waals surface area contributed by atoms with Gasteiger partial charge in [0.25, 0.3) is 0 Å². The fourth-order valence-electron chi connectivity index (χ4n) is 5.76. The quantitative estimate of drug-likeness (QED) is 0.130. The third-order valence-corrected chi connectivity index (χ3v) is 14.7. The van der Waals surface area contributed by atoms with Crippen LogP contribution >= 0.6 is 22.7 Å². The normalized spacial score (nSPS) is 13.4. The summed E-state index contributed by atoms with van der Waals surface area (Å²) in [6.45, 7) is 1.11. The number of aryl methyl sites for hydroxylation is 1. The van der Waals surface area contributed by atoms with Gasteiger partial charge in [0, 0.05) is 41.2 Å². The maximum absolute atomic E-state index is 8.62. The molecule has 47 heavy (non-hydrogen) atoms. The molecule has 0 unspecified atom stereocenters. The molecule has 0 spiro atoms. The van der Waals surface area contributed by atoms with Crippen LogP contribution in [0.5, 0.6) is 0 Å². The van der Waals surface area contributed by atoms with Crippen molar-refractivity contribution in [1.29, 1.82) is 0 Å². The molecule has 4 heterocycles. The molecule has 0 amide bonds. The monoisotopic (exact) mass is 891 g/mol. The molecule has 0 saturated heterocycles. The number of nitrogens with zero attached hydrogens (tertiary/aromatic N) is 2. The Labute approximate surface area is 307 Å². The molecule has 4 aromatic carbocycles. The number of rotatable bonds is 4. The van der Waals surface area contributed by atoms with Crippen LogP contribution in [0.25, 0.3) is 62.9 Å². The van der Waals surface area contributed by atoms with Crippen LogP contribution in [0.1, 0.15) is 36.4 Å². The van der Waals surface area contributed by atoms with Gasteiger partial charge in [-0.25, -0.2) is 0 Å². The van der Waals surface area contributed by atoms with Gasteiger partial charge in [-0.2, -0.15) is 22.7 Å². The van der Waals surface area contributed by atoms with E-state index in [1.807, 2.05) is 36.5 Å². The van der Waals surface area contributed by atoms with Crippen LogP contribution in [0, 0.1) is 19.0 Å². The predicted molar refractivity (Wildman–Crippen MR) is 205 cm³/mol. The summed E-state index contributed by atoms with van der Waals surface area (Å²) in [5.41, 5.74) is 4.19. The molecule has 4 aromatic heterocycles.